The molecule has 10 aliphatic rings. The van der Waals surface area contributed by atoms with Gasteiger partial charge in [0.15, 0.2) is 0 Å². The van der Waals surface area contributed by atoms with Crippen molar-refractivity contribution in [2.24, 2.45) is 53.3 Å². The zero-order chi connectivity index (χ0) is 34.6. The summed E-state index contributed by atoms with van der Waals surface area (Å²) in [6, 6.07) is 45.9. The fourth-order valence-corrected chi connectivity index (χ4v) is 16.1. The monoisotopic (exact) mass is 689 g/mol. The van der Waals surface area contributed by atoms with Gasteiger partial charge in [0, 0.05) is 27.9 Å². The first-order valence-corrected chi connectivity index (χ1v) is 21.5. The molecule has 5 unspecified atom stereocenters. The first-order chi connectivity index (χ1) is 26.1. The summed E-state index contributed by atoms with van der Waals surface area (Å²) in [5.41, 5.74) is 16.8. The van der Waals surface area contributed by atoms with Crippen LogP contribution >= 0.6 is 0 Å². The van der Waals surface area contributed by atoms with Crippen molar-refractivity contribution in [3.05, 3.63) is 138 Å². The highest BCUT2D eigenvalue weighted by atomic mass is 15.1. The predicted octanol–water partition coefficient (Wildman–Crippen LogP) is 13.2. The highest BCUT2D eigenvalue weighted by molar-refractivity contribution is 5.89. The lowest BCUT2D eigenvalue weighted by Gasteiger charge is -2.61. The van der Waals surface area contributed by atoms with Crippen molar-refractivity contribution in [2.75, 3.05) is 4.90 Å². The summed E-state index contributed by atoms with van der Waals surface area (Å²) in [5.74, 6) is 7.49. The second kappa shape index (κ2) is 10.6. The van der Waals surface area contributed by atoms with Crippen LogP contribution in [0.25, 0.3) is 22.3 Å². The Balaban J connectivity index is 1.02. The quantitative estimate of drug-likeness (QED) is 0.182. The Bertz CT molecular complexity index is 2290. The van der Waals surface area contributed by atoms with E-state index in [9.17, 15) is 0 Å². The molecule has 264 valence electrons. The Morgan fingerprint density at radius 2 is 0.962 bits per heavy atom. The van der Waals surface area contributed by atoms with Gasteiger partial charge in [0.1, 0.15) is 0 Å². The number of hydrogen-bond acceptors (Lipinski definition) is 1. The first kappa shape index (κ1) is 30.3. The summed E-state index contributed by atoms with van der Waals surface area (Å²) >= 11 is 0. The third-order valence-corrected chi connectivity index (χ3v) is 17.5. The Kier molecular flexibility index (Phi) is 6.03. The van der Waals surface area contributed by atoms with Crippen LogP contribution in [0.5, 0.6) is 0 Å². The van der Waals surface area contributed by atoms with Gasteiger partial charge in [-0.3, -0.25) is 0 Å². The van der Waals surface area contributed by atoms with Gasteiger partial charge in [-0.25, -0.2) is 0 Å². The van der Waals surface area contributed by atoms with E-state index in [-0.39, 0.29) is 10.8 Å². The molecule has 8 bridgehead atoms. The molecule has 1 nitrogen and oxygen atoms in total. The summed E-state index contributed by atoms with van der Waals surface area (Å²) < 4.78 is 0. The van der Waals surface area contributed by atoms with E-state index >= 15 is 0 Å². The minimum absolute atomic E-state index is 0.124. The Labute approximate surface area is 315 Å². The van der Waals surface area contributed by atoms with Crippen LogP contribution in [0.1, 0.15) is 93.4 Å². The maximum atomic E-state index is 2.71. The predicted molar refractivity (Wildman–Crippen MR) is 217 cm³/mol. The van der Waals surface area contributed by atoms with Crippen LogP contribution in [0.15, 0.2) is 115 Å². The lowest BCUT2D eigenvalue weighted by molar-refractivity contribution is -0.0399. The van der Waals surface area contributed by atoms with Crippen molar-refractivity contribution in [3.8, 4) is 22.3 Å². The van der Waals surface area contributed by atoms with Crippen LogP contribution in [-0.4, -0.2) is 0 Å². The molecular weight excluding hydrogens is 639 g/mol. The number of benzene rings is 5. The van der Waals surface area contributed by atoms with Crippen LogP contribution in [-0.2, 0) is 10.8 Å². The maximum absolute atomic E-state index is 2.71. The average Bonchev–Trinajstić information content (AvgIpc) is 3.54. The van der Waals surface area contributed by atoms with Gasteiger partial charge in [-0.05, 0) is 198 Å². The minimum Gasteiger partial charge on any atom is -0.310 e. The Morgan fingerprint density at radius 3 is 1.62 bits per heavy atom. The fourth-order valence-electron chi connectivity index (χ4n) is 16.1. The van der Waals surface area contributed by atoms with Crippen molar-refractivity contribution in [2.45, 2.75) is 82.0 Å². The largest absolute Gasteiger partial charge is 0.310 e. The van der Waals surface area contributed by atoms with Gasteiger partial charge < -0.3 is 4.90 Å². The summed E-state index contributed by atoms with van der Waals surface area (Å²) in [6.07, 6.45) is 14.3. The number of fused-ring (bicyclic) bond motifs is 7. The molecule has 53 heavy (non-hydrogen) atoms. The van der Waals surface area contributed by atoms with Crippen LogP contribution in [0.4, 0.5) is 17.1 Å². The van der Waals surface area contributed by atoms with Crippen LogP contribution in [0, 0.1) is 53.3 Å². The number of para-hydroxylation sites is 1. The minimum atomic E-state index is 0.124. The highest BCUT2D eigenvalue weighted by Gasteiger charge is 2.63. The number of anilines is 3. The number of hydrogen-bond donors (Lipinski definition) is 0. The number of rotatable bonds is 3. The van der Waals surface area contributed by atoms with Gasteiger partial charge in [0.2, 0.25) is 0 Å². The smallest absolute Gasteiger partial charge is 0.0465 e. The van der Waals surface area contributed by atoms with E-state index < -0.39 is 0 Å². The third kappa shape index (κ3) is 3.71. The molecule has 15 rings (SSSR count). The van der Waals surface area contributed by atoms with E-state index in [4.69, 9.17) is 0 Å². The van der Waals surface area contributed by atoms with Gasteiger partial charge in [0.25, 0.3) is 0 Å². The van der Waals surface area contributed by atoms with Crippen molar-refractivity contribution in [1.29, 1.82) is 0 Å². The highest BCUT2D eigenvalue weighted by Crippen LogP contribution is 2.71. The van der Waals surface area contributed by atoms with Crippen molar-refractivity contribution in [3.63, 3.8) is 0 Å². The molecule has 6 atom stereocenters. The Hall–Kier alpha value is -4.10. The van der Waals surface area contributed by atoms with E-state index in [1.807, 2.05) is 0 Å². The average molecular weight is 690 g/mol. The van der Waals surface area contributed by atoms with Crippen molar-refractivity contribution < 1.29 is 0 Å². The molecule has 1 heteroatoms. The maximum Gasteiger partial charge on any atom is 0.0465 e. The zero-order valence-corrected chi connectivity index (χ0v) is 31.2. The molecule has 0 radical (unpaired) electrons. The summed E-state index contributed by atoms with van der Waals surface area (Å²) in [4.78, 5) is 2.64. The molecule has 0 aromatic heterocycles. The summed E-state index contributed by atoms with van der Waals surface area (Å²) in [5, 5.41) is 0. The van der Waals surface area contributed by atoms with Gasteiger partial charge in [-0.1, -0.05) is 85.8 Å². The standard InChI is InChI=1S/C52H51N/c1-31-35-15-16-36-23-34(22-35)28-48(31)52(36)47-14-8-6-12-43(47)45-20-18-41(30-50(45)52)53(39-9-3-2-4-10-39)40-17-19-44-42-11-5-7-13-46(42)51(49(44)29-40)37-24-32-21-33(26-37)27-38(51)25-32/h2-14,17-20,29-38,48H,15-16,21-28H2,1H3/t31-,32?,33?,34?,35?,36?,37?,38?,48?,51?,52?/m0/s1. The molecule has 5 aromatic carbocycles. The molecule has 8 fully saturated rings. The van der Waals surface area contributed by atoms with E-state index in [1.165, 1.54) is 104 Å². The number of nitrogens with zero attached hydrogens (tertiary/aromatic N) is 1. The van der Waals surface area contributed by atoms with E-state index in [2.05, 4.69) is 127 Å². The lowest BCUT2D eigenvalue weighted by Crippen LogP contribution is -2.55. The van der Waals surface area contributed by atoms with Crippen LogP contribution in [0.2, 0.25) is 0 Å². The molecule has 10 aliphatic carbocycles. The third-order valence-electron chi connectivity index (χ3n) is 17.5. The molecule has 0 saturated heterocycles. The van der Waals surface area contributed by atoms with Gasteiger partial charge in [-0.2, -0.15) is 0 Å². The molecule has 8 saturated carbocycles. The molecule has 0 heterocycles. The van der Waals surface area contributed by atoms with Crippen LogP contribution in [0.3, 0.4) is 0 Å². The van der Waals surface area contributed by atoms with Gasteiger partial charge >= 0.3 is 0 Å². The van der Waals surface area contributed by atoms with Crippen molar-refractivity contribution in [1.82, 2.24) is 0 Å². The van der Waals surface area contributed by atoms with Crippen molar-refractivity contribution >= 4 is 17.1 Å². The molecule has 0 amide bonds. The lowest BCUT2D eigenvalue weighted by atomic mass is 9.43. The van der Waals surface area contributed by atoms with E-state index in [0.717, 1.165) is 53.3 Å². The second-order valence-corrected chi connectivity index (χ2v) is 19.3. The fraction of sp³-hybridized carbons (Fsp3) is 0.423. The van der Waals surface area contributed by atoms with Gasteiger partial charge in [0.05, 0.1) is 0 Å². The first-order valence-electron chi connectivity index (χ1n) is 21.5. The molecule has 2 spiro atoms. The summed E-state index contributed by atoms with van der Waals surface area (Å²) in [6.45, 7) is 2.64. The van der Waals surface area contributed by atoms with E-state index in [1.54, 1.807) is 22.3 Å². The molecule has 5 aromatic rings. The SMILES string of the molecule is C[C@H]1C2CCC3CC(C2)CC1C31c2ccccc2-c2ccc(N(c3ccccc3)c3ccc4c(c3)C3(c5ccccc5-4)C4CC5CC(C4)CC3C5)cc21. The zero-order valence-electron chi connectivity index (χ0n) is 31.2. The second-order valence-electron chi connectivity index (χ2n) is 19.3. The molecule has 0 aliphatic heterocycles. The van der Waals surface area contributed by atoms with Gasteiger partial charge in [-0.15, -0.1) is 0 Å². The Morgan fingerprint density at radius 1 is 0.434 bits per heavy atom. The molecule has 0 N–H and O–H groups in total. The summed E-state index contributed by atoms with van der Waals surface area (Å²) in [7, 11) is 0. The van der Waals surface area contributed by atoms with Crippen LogP contribution < -0.4 is 4.90 Å². The normalized spacial score (nSPS) is 37.1. The topological polar surface area (TPSA) is 3.24 Å². The van der Waals surface area contributed by atoms with E-state index in [0.29, 0.717) is 0 Å². The molecular formula is C52H51N.